The van der Waals surface area contributed by atoms with Crippen LogP contribution in [-0.4, -0.2) is 58.6 Å². The molecule has 1 aromatic heterocycles. The Bertz CT molecular complexity index is 903. The first-order valence-corrected chi connectivity index (χ1v) is 11.3. The first kappa shape index (κ1) is 26.7. The van der Waals surface area contributed by atoms with E-state index in [0.29, 0.717) is 31.7 Å². The lowest BCUT2D eigenvalue weighted by molar-refractivity contribution is -0.122. The summed E-state index contributed by atoms with van der Waals surface area (Å²) in [5, 5.41) is 35.7. The molecule has 33 heavy (non-hydrogen) atoms. The number of methoxy groups -OCH3 is 1. The molecule has 0 saturated heterocycles. The minimum atomic E-state index is -0.887. The number of aliphatic hydroxyl groups is 2. The second-order valence-corrected chi connectivity index (χ2v) is 8.81. The summed E-state index contributed by atoms with van der Waals surface area (Å²) in [6, 6.07) is 11.0. The second kappa shape index (κ2) is 12.6. The number of carbonyl (C=O) groups excluding carboxylic acids is 1. The monoisotopic (exact) mass is 459 g/mol. The molecule has 0 bridgehead atoms. The van der Waals surface area contributed by atoms with Gasteiger partial charge in [-0.15, -0.1) is 0 Å². The van der Waals surface area contributed by atoms with Gasteiger partial charge in [0, 0.05) is 25.7 Å². The summed E-state index contributed by atoms with van der Waals surface area (Å²) in [5.41, 5.74) is 2.25. The third-order valence-electron chi connectivity index (χ3n) is 5.57. The molecule has 2 atom stereocenters. The van der Waals surface area contributed by atoms with Crippen LogP contribution in [0.25, 0.3) is 0 Å². The van der Waals surface area contributed by atoms with Crippen molar-refractivity contribution in [1.29, 1.82) is 0 Å². The molecule has 2 rings (SSSR count). The smallest absolute Gasteiger partial charge is 0.227 e. The molecule has 0 aliphatic rings. The number of carbonyl (C=O) groups is 1. The largest absolute Gasteiger partial charge is 0.506 e. The Kier molecular flexibility index (Phi) is 10.2. The standard InChI is InChI=1S/C25H37N3O5/c1-5-19(24(32)26-11-12-33-4)18-8-6-7-17(13-18)14-25(2,3)27-15-23(31)20-9-10-22(30)21(16-29)28-20/h6-10,13,19,23,27,29-31H,5,11-12,14-16H2,1-4H3,(H,26,32). The number of pyridine rings is 1. The Balaban J connectivity index is 2.01. The normalized spacial score (nSPS) is 13.5. The summed E-state index contributed by atoms with van der Waals surface area (Å²) in [4.78, 5) is 16.7. The molecule has 8 nitrogen and oxygen atoms in total. The van der Waals surface area contributed by atoms with Crippen molar-refractivity contribution in [2.24, 2.45) is 0 Å². The molecule has 0 fully saturated rings. The molecule has 0 saturated carbocycles. The predicted octanol–water partition coefficient (Wildman–Crippen LogP) is 2.18. The Morgan fingerprint density at radius 2 is 2.00 bits per heavy atom. The first-order valence-electron chi connectivity index (χ1n) is 11.3. The Hall–Kier alpha value is -2.52. The van der Waals surface area contributed by atoms with E-state index >= 15 is 0 Å². The number of aromatic nitrogens is 1. The number of nitrogens with one attached hydrogen (secondary N) is 2. The van der Waals surface area contributed by atoms with Gasteiger partial charge in [0.05, 0.1) is 24.8 Å². The lowest BCUT2D eigenvalue weighted by atomic mass is 9.89. The number of hydrogen-bond acceptors (Lipinski definition) is 7. The van der Waals surface area contributed by atoms with Crippen LogP contribution in [0.4, 0.5) is 0 Å². The van der Waals surface area contributed by atoms with Gasteiger partial charge in [0.25, 0.3) is 0 Å². The van der Waals surface area contributed by atoms with Crippen LogP contribution < -0.4 is 10.6 Å². The number of β-amino-alcohol motifs (C(OH)–C–C–N with tert-alkyl or cyclic N) is 1. The van der Waals surface area contributed by atoms with Crippen LogP contribution in [0.2, 0.25) is 0 Å². The number of hydrogen-bond donors (Lipinski definition) is 5. The van der Waals surface area contributed by atoms with Crippen LogP contribution in [0.1, 0.15) is 61.7 Å². The highest BCUT2D eigenvalue weighted by atomic mass is 16.5. The molecule has 1 aromatic carbocycles. The maximum absolute atomic E-state index is 12.6. The highest BCUT2D eigenvalue weighted by Crippen LogP contribution is 2.24. The van der Waals surface area contributed by atoms with Crippen molar-refractivity contribution < 1.29 is 24.9 Å². The summed E-state index contributed by atoms with van der Waals surface area (Å²) in [6.07, 6.45) is 0.507. The number of aliphatic hydroxyl groups excluding tert-OH is 2. The van der Waals surface area contributed by atoms with Gasteiger partial charge in [0.1, 0.15) is 17.5 Å². The van der Waals surface area contributed by atoms with Crippen molar-refractivity contribution in [3.63, 3.8) is 0 Å². The number of benzene rings is 1. The van der Waals surface area contributed by atoms with E-state index in [-0.39, 0.29) is 35.4 Å². The van der Waals surface area contributed by atoms with Gasteiger partial charge in [-0.1, -0.05) is 31.2 Å². The van der Waals surface area contributed by atoms with Gasteiger partial charge in [0.2, 0.25) is 5.91 Å². The fourth-order valence-corrected chi connectivity index (χ4v) is 3.75. The third-order valence-corrected chi connectivity index (χ3v) is 5.57. The lowest BCUT2D eigenvalue weighted by Gasteiger charge is -2.28. The van der Waals surface area contributed by atoms with Crippen LogP contribution in [-0.2, 0) is 22.6 Å². The second-order valence-electron chi connectivity index (χ2n) is 8.81. The van der Waals surface area contributed by atoms with E-state index in [9.17, 15) is 20.1 Å². The molecule has 0 radical (unpaired) electrons. The number of ether oxygens (including phenoxy) is 1. The van der Waals surface area contributed by atoms with E-state index in [1.54, 1.807) is 13.2 Å². The van der Waals surface area contributed by atoms with Gasteiger partial charge in [0.15, 0.2) is 0 Å². The van der Waals surface area contributed by atoms with E-state index in [1.807, 2.05) is 39.0 Å². The third kappa shape index (κ3) is 8.08. The van der Waals surface area contributed by atoms with Crippen LogP contribution in [0.5, 0.6) is 5.75 Å². The molecule has 5 N–H and O–H groups in total. The summed E-state index contributed by atoms with van der Waals surface area (Å²) in [6.45, 7) is 6.92. The van der Waals surface area contributed by atoms with E-state index in [2.05, 4.69) is 21.7 Å². The fourth-order valence-electron chi connectivity index (χ4n) is 3.75. The highest BCUT2D eigenvalue weighted by molar-refractivity contribution is 5.83. The van der Waals surface area contributed by atoms with Gasteiger partial charge >= 0.3 is 0 Å². The van der Waals surface area contributed by atoms with Crippen molar-refractivity contribution in [2.75, 3.05) is 26.8 Å². The fraction of sp³-hybridized carbons (Fsp3) is 0.520. The van der Waals surface area contributed by atoms with Crippen LogP contribution in [0.15, 0.2) is 36.4 Å². The average Bonchev–Trinajstić information content (AvgIpc) is 2.78. The maximum Gasteiger partial charge on any atom is 0.227 e. The quantitative estimate of drug-likeness (QED) is 0.291. The molecule has 2 unspecified atom stereocenters. The summed E-state index contributed by atoms with van der Waals surface area (Å²) in [7, 11) is 1.61. The van der Waals surface area contributed by atoms with Gasteiger partial charge in [-0.2, -0.15) is 0 Å². The zero-order valence-electron chi connectivity index (χ0n) is 20.0. The molecule has 1 amide bonds. The Morgan fingerprint density at radius 1 is 1.24 bits per heavy atom. The zero-order chi connectivity index (χ0) is 24.4. The number of amides is 1. The molecular weight excluding hydrogens is 422 g/mol. The van der Waals surface area contributed by atoms with Gasteiger partial charge in [-0.3, -0.25) is 4.79 Å². The molecular formula is C25H37N3O5. The maximum atomic E-state index is 12.6. The molecule has 0 spiro atoms. The predicted molar refractivity (Wildman–Crippen MR) is 127 cm³/mol. The molecule has 182 valence electrons. The van der Waals surface area contributed by atoms with Gasteiger partial charge < -0.3 is 30.7 Å². The zero-order valence-corrected chi connectivity index (χ0v) is 20.0. The minimum absolute atomic E-state index is 0.00384. The summed E-state index contributed by atoms with van der Waals surface area (Å²) >= 11 is 0. The van der Waals surface area contributed by atoms with Crippen molar-refractivity contribution in [2.45, 2.75) is 57.8 Å². The van der Waals surface area contributed by atoms with Crippen LogP contribution in [0.3, 0.4) is 0 Å². The number of nitrogens with zero attached hydrogens (tertiary/aromatic N) is 1. The Morgan fingerprint density at radius 3 is 2.67 bits per heavy atom. The number of rotatable bonds is 13. The Labute approximate surface area is 196 Å². The van der Waals surface area contributed by atoms with E-state index in [1.165, 1.54) is 6.07 Å². The summed E-state index contributed by atoms with van der Waals surface area (Å²) < 4.78 is 5.00. The van der Waals surface area contributed by atoms with Gasteiger partial charge in [-0.05, 0) is 49.9 Å². The van der Waals surface area contributed by atoms with Crippen molar-refractivity contribution in [1.82, 2.24) is 15.6 Å². The molecule has 1 heterocycles. The average molecular weight is 460 g/mol. The summed E-state index contributed by atoms with van der Waals surface area (Å²) in [5.74, 6) is -0.323. The molecule has 8 heteroatoms. The van der Waals surface area contributed by atoms with Crippen LogP contribution in [0, 0.1) is 0 Å². The lowest BCUT2D eigenvalue weighted by Crippen LogP contribution is -2.43. The van der Waals surface area contributed by atoms with Crippen molar-refractivity contribution >= 4 is 5.91 Å². The van der Waals surface area contributed by atoms with Crippen molar-refractivity contribution in [3.05, 3.63) is 58.9 Å². The van der Waals surface area contributed by atoms with Gasteiger partial charge in [-0.25, -0.2) is 4.98 Å². The highest BCUT2D eigenvalue weighted by Gasteiger charge is 2.23. The number of aromatic hydroxyl groups is 1. The van der Waals surface area contributed by atoms with E-state index < -0.39 is 12.7 Å². The minimum Gasteiger partial charge on any atom is -0.506 e. The molecule has 0 aliphatic heterocycles. The van der Waals surface area contributed by atoms with E-state index in [4.69, 9.17) is 4.74 Å². The SMILES string of the molecule is CCC(C(=O)NCCOC)c1cccc(CC(C)(C)NCC(O)c2ccc(O)c(CO)n2)c1. The topological polar surface area (TPSA) is 124 Å². The molecule has 2 aromatic rings. The first-order chi connectivity index (χ1) is 15.7. The van der Waals surface area contributed by atoms with Crippen molar-refractivity contribution in [3.8, 4) is 5.75 Å². The van der Waals surface area contributed by atoms with E-state index in [0.717, 1.165) is 11.1 Å². The van der Waals surface area contributed by atoms with Crippen LogP contribution >= 0.6 is 0 Å². The molecule has 0 aliphatic carbocycles.